The third-order valence-corrected chi connectivity index (χ3v) is 3.29. The number of hydrogen-bond donors (Lipinski definition) is 0. The second kappa shape index (κ2) is 6.11. The minimum Gasteiger partial charge on any atom is -0.504 e. The Kier molecular flexibility index (Phi) is 3.84. The third kappa shape index (κ3) is 3.04. The van der Waals surface area contributed by atoms with Crippen LogP contribution < -0.4 is 0 Å². The number of methoxy groups -OCH3 is 1. The monoisotopic (exact) mass is 273 g/mol. The van der Waals surface area contributed by atoms with Gasteiger partial charge in [-0.3, -0.25) is 0 Å². The Morgan fingerprint density at radius 2 is 2.14 bits per heavy atom. The first-order chi connectivity index (χ1) is 10.4. The second-order valence-corrected chi connectivity index (χ2v) is 4.75. The average molecular weight is 273 g/mol. The molecule has 0 unspecified atom stereocenters. The summed E-state index contributed by atoms with van der Waals surface area (Å²) in [6.07, 6.45) is 8.72. The summed E-state index contributed by atoms with van der Waals surface area (Å²) in [5.41, 5.74) is 5.33. The molecule has 0 radical (unpaired) electrons. The van der Waals surface area contributed by atoms with Crippen LogP contribution in [0, 0.1) is 11.8 Å². The second-order valence-electron chi connectivity index (χ2n) is 4.75. The Morgan fingerprint density at radius 3 is 2.95 bits per heavy atom. The van der Waals surface area contributed by atoms with Gasteiger partial charge in [0.15, 0.2) is 0 Å². The molecule has 0 N–H and O–H groups in total. The SMILES string of the molecule is COC=C1CC=Cc2ccc(C#Cc3ccccn3)cc21. The first-order valence-corrected chi connectivity index (χ1v) is 6.82. The van der Waals surface area contributed by atoms with E-state index in [1.54, 1.807) is 19.6 Å². The maximum absolute atomic E-state index is 5.17. The van der Waals surface area contributed by atoms with Gasteiger partial charge in [0.1, 0.15) is 5.69 Å². The molecule has 0 atom stereocenters. The number of aromatic nitrogens is 1. The van der Waals surface area contributed by atoms with Crippen molar-refractivity contribution in [2.75, 3.05) is 7.11 Å². The van der Waals surface area contributed by atoms with Crippen LogP contribution in [0.3, 0.4) is 0 Å². The minimum absolute atomic E-state index is 0.780. The fraction of sp³-hybridized carbons (Fsp3) is 0.105. The van der Waals surface area contributed by atoms with Crippen LogP contribution in [0.2, 0.25) is 0 Å². The summed E-state index contributed by atoms with van der Waals surface area (Å²) >= 11 is 0. The summed E-state index contributed by atoms with van der Waals surface area (Å²) in [6, 6.07) is 12.0. The van der Waals surface area contributed by atoms with Gasteiger partial charge >= 0.3 is 0 Å². The van der Waals surface area contributed by atoms with Crippen molar-refractivity contribution >= 4 is 11.6 Å². The summed E-state index contributed by atoms with van der Waals surface area (Å²) < 4.78 is 5.17. The maximum Gasteiger partial charge on any atom is 0.113 e. The first-order valence-electron chi connectivity index (χ1n) is 6.82. The fourth-order valence-corrected chi connectivity index (χ4v) is 2.31. The summed E-state index contributed by atoms with van der Waals surface area (Å²) in [5, 5.41) is 0. The van der Waals surface area contributed by atoms with Crippen LogP contribution in [0.4, 0.5) is 0 Å². The van der Waals surface area contributed by atoms with Crippen LogP contribution >= 0.6 is 0 Å². The predicted molar refractivity (Wildman–Crippen MR) is 85.3 cm³/mol. The van der Waals surface area contributed by atoms with Crippen molar-refractivity contribution < 1.29 is 4.74 Å². The highest BCUT2D eigenvalue weighted by molar-refractivity contribution is 5.79. The van der Waals surface area contributed by atoms with E-state index in [1.807, 2.05) is 24.3 Å². The number of nitrogens with zero attached hydrogens (tertiary/aromatic N) is 1. The highest BCUT2D eigenvalue weighted by Gasteiger charge is 2.10. The average Bonchev–Trinajstić information content (AvgIpc) is 2.54. The van der Waals surface area contributed by atoms with E-state index >= 15 is 0 Å². The number of benzene rings is 1. The summed E-state index contributed by atoms with van der Waals surface area (Å²) in [5.74, 6) is 6.25. The summed E-state index contributed by atoms with van der Waals surface area (Å²) in [6.45, 7) is 0. The Labute approximate surface area is 124 Å². The normalized spacial score (nSPS) is 14.2. The van der Waals surface area contributed by atoms with Crippen LogP contribution in [0.15, 0.2) is 54.9 Å². The van der Waals surface area contributed by atoms with Gasteiger partial charge in [-0.1, -0.05) is 30.2 Å². The van der Waals surface area contributed by atoms with Crippen LogP contribution in [0.1, 0.15) is 28.8 Å². The molecule has 2 aromatic rings. The van der Waals surface area contributed by atoms with Gasteiger partial charge in [0.05, 0.1) is 13.4 Å². The molecule has 2 heteroatoms. The van der Waals surface area contributed by atoms with Crippen LogP contribution in [-0.2, 0) is 4.74 Å². The molecule has 1 aromatic heterocycles. The van der Waals surface area contributed by atoms with Crippen molar-refractivity contribution in [1.29, 1.82) is 0 Å². The lowest BCUT2D eigenvalue weighted by Crippen LogP contribution is -1.95. The standard InChI is InChI=1S/C19H15NO/c1-21-14-17-6-4-5-16-10-8-15(13-19(16)17)9-11-18-7-2-3-12-20-18/h2-5,7-8,10,12-14H,6H2,1H3. The van der Waals surface area contributed by atoms with Crippen LogP contribution in [0.5, 0.6) is 0 Å². The van der Waals surface area contributed by atoms with Crippen LogP contribution in [0.25, 0.3) is 11.6 Å². The maximum atomic E-state index is 5.17. The molecule has 0 spiro atoms. The van der Waals surface area contributed by atoms with Gasteiger partial charge in [-0.05, 0) is 53.3 Å². The smallest absolute Gasteiger partial charge is 0.113 e. The number of ether oxygens (including phenoxy) is 1. The Balaban J connectivity index is 1.96. The van der Waals surface area contributed by atoms with E-state index < -0.39 is 0 Å². The molecule has 1 heterocycles. The Bertz CT molecular complexity index is 761. The van der Waals surface area contributed by atoms with Gasteiger partial charge in [0.25, 0.3) is 0 Å². The molecule has 0 saturated heterocycles. The van der Waals surface area contributed by atoms with Gasteiger partial charge in [0.2, 0.25) is 0 Å². The molecule has 0 aliphatic heterocycles. The van der Waals surface area contributed by atoms with Crippen molar-refractivity contribution in [2.24, 2.45) is 0 Å². The summed E-state index contributed by atoms with van der Waals surface area (Å²) in [4.78, 5) is 4.21. The first kappa shape index (κ1) is 13.2. The third-order valence-electron chi connectivity index (χ3n) is 3.29. The molecule has 0 bridgehead atoms. The van der Waals surface area contributed by atoms with Gasteiger partial charge in [0, 0.05) is 11.8 Å². The van der Waals surface area contributed by atoms with Gasteiger partial charge in [-0.25, -0.2) is 4.98 Å². The topological polar surface area (TPSA) is 22.1 Å². The number of pyridine rings is 1. The molecule has 2 nitrogen and oxygen atoms in total. The molecule has 1 aliphatic carbocycles. The molecule has 21 heavy (non-hydrogen) atoms. The summed E-state index contributed by atoms with van der Waals surface area (Å²) in [7, 11) is 1.68. The lowest BCUT2D eigenvalue weighted by atomic mass is 9.91. The number of hydrogen-bond acceptors (Lipinski definition) is 2. The van der Waals surface area contributed by atoms with E-state index in [1.165, 1.54) is 16.7 Å². The van der Waals surface area contributed by atoms with E-state index in [4.69, 9.17) is 4.74 Å². The number of fused-ring (bicyclic) bond motifs is 1. The molecule has 102 valence electrons. The van der Waals surface area contributed by atoms with Gasteiger partial charge in [-0.2, -0.15) is 0 Å². The van der Waals surface area contributed by atoms with E-state index in [0.717, 1.165) is 17.7 Å². The Morgan fingerprint density at radius 1 is 1.19 bits per heavy atom. The zero-order valence-electron chi connectivity index (χ0n) is 11.8. The molecule has 0 amide bonds. The van der Waals surface area contributed by atoms with E-state index in [-0.39, 0.29) is 0 Å². The molecule has 1 aliphatic rings. The lowest BCUT2D eigenvalue weighted by molar-refractivity contribution is 0.339. The molecule has 1 aromatic carbocycles. The zero-order chi connectivity index (χ0) is 14.5. The van der Waals surface area contributed by atoms with Crippen molar-refractivity contribution in [3.8, 4) is 11.8 Å². The number of rotatable bonds is 1. The van der Waals surface area contributed by atoms with Crippen molar-refractivity contribution in [3.05, 3.63) is 77.3 Å². The molecular formula is C19H15NO. The molecule has 3 rings (SSSR count). The van der Waals surface area contributed by atoms with E-state index in [0.29, 0.717) is 0 Å². The van der Waals surface area contributed by atoms with Crippen molar-refractivity contribution in [2.45, 2.75) is 6.42 Å². The predicted octanol–water partition coefficient (Wildman–Crippen LogP) is 3.89. The van der Waals surface area contributed by atoms with Gasteiger partial charge < -0.3 is 4.74 Å². The quantitative estimate of drug-likeness (QED) is 0.581. The Hall–Kier alpha value is -2.79. The largest absolute Gasteiger partial charge is 0.504 e. The fourth-order valence-electron chi connectivity index (χ4n) is 2.31. The van der Waals surface area contributed by atoms with Crippen molar-refractivity contribution in [3.63, 3.8) is 0 Å². The van der Waals surface area contributed by atoms with E-state index in [2.05, 4.69) is 41.1 Å². The van der Waals surface area contributed by atoms with Crippen molar-refractivity contribution in [1.82, 2.24) is 4.98 Å². The van der Waals surface area contributed by atoms with E-state index in [9.17, 15) is 0 Å². The minimum atomic E-state index is 0.780. The molecular weight excluding hydrogens is 258 g/mol. The number of allylic oxidation sites excluding steroid dienone is 2. The lowest BCUT2D eigenvalue weighted by Gasteiger charge is -2.14. The van der Waals surface area contributed by atoms with Crippen LogP contribution in [-0.4, -0.2) is 12.1 Å². The molecule has 0 saturated carbocycles. The van der Waals surface area contributed by atoms with Gasteiger partial charge in [-0.15, -0.1) is 0 Å². The highest BCUT2D eigenvalue weighted by atomic mass is 16.5. The highest BCUT2D eigenvalue weighted by Crippen LogP contribution is 2.29. The zero-order valence-corrected chi connectivity index (χ0v) is 11.8. The molecule has 0 fully saturated rings.